The Labute approximate surface area is 164 Å². The molecule has 1 heterocycles. The van der Waals surface area contributed by atoms with Gasteiger partial charge in [-0.1, -0.05) is 42.5 Å². The molecule has 6 nitrogen and oxygen atoms in total. The number of nitrogens with one attached hydrogen (secondary N) is 1. The lowest BCUT2D eigenvalue weighted by atomic mass is 10.0. The summed E-state index contributed by atoms with van der Waals surface area (Å²) in [7, 11) is 1.60. The fourth-order valence-electron chi connectivity index (χ4n) is 3.15. The number of cyclic esters (lactones) is 1. The van der Waals surface area contributed by atoms with Crippen molar-refractivity contribution >= 4 is 11.7 Å². The summed E-state index contributed by atoms with van der Waals surface area (Å²) in [5, 5.41) is 13.7. The molecule has 0 unspecified atom stereocenters. The molecule has 3 rings (SSSR count). The molecule has 2 aromatic rings. The zero-order valence-corrected chi connectivity index (χ0v) is 15.9. The predicted octanol–water partition coefficient (Wildman–Crippen LogP) is 2.92. The molecule has 1 fully saturated rings. The van der Waals surface area contributed by atoms with Crippen molar-refractivity contribution in [2.24, 2.45) is 0 Å². The Morgan fingerprint density at radius 2 is 1.89 bits per heavy atom. The Morgan fingerprint density at radius 1 is 1.18 bits per heavy atom. The number of hydrogen-bond acceptors (Lipinski definition) is 6. The number of esters is 1. The van der Waals surface area contributed by atoms with E-state index in [4.69, 9.17) is 14.2 Å². The lowest BCUT2D eigenvalue weighted by molar-refractivity contribution is -0.152. The van der Waals surface area contributed by atoms with Crippen molar-refractivity contribution in [1.29, 1.82) is 0 Å². The van der Waals surface area contributed by atoms with Gasteiger partial charge in [-0.05, 0) is 36.8 Å². The molecule has 0 amide bonds. The summed E-state index contributed by atoms with van der Waals surface area (Å²) in [5.74, 6) is 0.238. The molecular formula is C22H25NO5. The van der Waals surface area contributed by atoms with Gasteiger partial charge in [-0.15, -0.1) is 0 Å². The van der Waals surface area contributed by atoms with E-state index in [1.807, 2.05) is 54.6 Å². The van der Waals surface area contributed by atoms with Gasteiger partial charge in [0.15, 0.2) is 12.2 Å². The highest BCUT2D eigenvalue weighted by Gasteiger charge is 2.48. The molecule has 6 heteroatoms. The molecule has 0 spiro atoms. The quantitative estimate of drug-likeness (QED) is 0.539. The van der Waals surface area contributed by atoms with Gasteiger partial charge in [0.05, 0.1) is 13.7 Å². The molecule has 148 valence electrons. The number of hydrogen-bond donors (Lipinski definition) is 2. The summed E-state index contributed by atoms with van der Waals surface area (Å²) in [5.41, 5.74) is 1.73. The van der Waals surface area contributed by atoms with Crippen LogP contribution >= 0.6 is 0 Å². The maximum atomic E-state index is 12.5. The molecule has 0 aromatic heterocycles. The second-order valence-corrected chi connectivity index (χ2v) is 6.53. The van der Waals surface area contributed by atoms with Crippen molar-refractivity contribution in [3.05, 3.63) is 72.3 Å². The van der Waals surface area contributed by atoms with Crippen molar-refractivity contribution in [2.75, 3.05) is 12.4 Å². The van der Waals surface area contributed by atoms with Gasteiger partial charge in [0.25, 0.3) is 0 Å². The number of aliphatic hydroxyl groups excluding tert-OH is 1. The zero-order chi connectivity index (χ0) is 19.9. The number of benzene rings is 2. The first-order chi connectivity index (χ1) is 13.6. The van der Waals surface area contributed by atoms with Gasteiger partial charge in [0.1, 0.15) is 17.9 Å². The van der Waals surface area contributed by atoms with E-state index in [9.17, 15) is 9.90 Å². The smallest absolute Gasteiger partial charge is 0.338 e. The molecule has 0 aliphatic carbocycles. The number of aliphatic hydroxyl groups is 1. The van der Waals surface area contributed by atoms with E-state index in [-0.39, 0.29) is 6.61 Å². The summed E-state index contributed by atoms with van der Waals surface area (Å²) in [6.07, 6.45) is 0.787. The van der Waals surface area contributed by atoms with Crippen LogP contribution in [0.2, 0.25) is 0 Å². The minimum absolute atomic E-state index is 0.272. The maximum absolute atomic E-state index is 12.5. The number of methoxy groups -OCH3 is 1. The first-order valence-electron chi connectivity index (χ1n) is 9.20. The highest BCUT2D eigenvalue weighted by molar-refractivity contribution is 5.79. The van der Waals surface area contributed by atoms with Crippen molar-refractivity contribution < 1.29 is 24.1 Å². The summed E-state index contributed by atoms with van der Waals surface area (Å²) in [6, 6.07) is 16.4. The number of carbonyl (C=O) groups is 1. The van der Waals surface area contributed by atoms with E-state index in [0.717, 1.165) is 17.0 Å². The molecule has 28 heavy (non-hydrogen) atoms. The Morgan fingerprint density at radius 3 is 2.54 bits per heavy atom. The molecule has 1 aliphatic rings. The van der Waals surface area contributed by atoms with E-state index in [2.05, 4.69) is 5.32 Å². The van der Waals surface area contributed by atoms with Crippen LogP contribution in [0.3, 0.4) is 0 Å². The molecule has 1 saturated heterocycles. The lowest BCUT2D eigenvalue weighted by Gasteiger charge is -2.25. The van der Waals surface area contributed by atoms with Gasteiger partial charge >= 0.3 is 5.97 Å². The van der Waals surface area contributed by atoms with Crippen LogP contribution in [0.5, 0.6) is 5.75 Å². The molecule has 4 atom stereocenters. The van der Waals surface area contributed by atoms with E-state index >= 15 is 0 Å². The third-order valence-corrected chi connectivity index (χ3v) is 4.59. The minimum Gasteiger partial charge on any atom is -0.497 e. The Bertz CT molecular complexity index is 790. The third-order valence-electron chi connectivity index (χ3n) is 4.59. The monoisotopic (exact) mass is 383 g/mol. The number of ether oxygens (including phenoxy) is 3. The number of rotatable bonds is 8. The fourth-order valence-corrected chi connectivity index (χ4v) is 3.15. The first kappa shape index (κ1) is 19.9. The standard InChI is InChI=1S/C22H25NO5/c1-3-7-18(24)20-19(23-16-10-12-17(26-2)13-11-16)21(22(25)28-20)27-14-15-8-5-4-6-9-15/h3-13,18-21,23-24H,14H2,1-2H3/b7-3-/t18-,19-,20+,21-/m0/s1. The molecule has 1 aliphatic heterocycles. The van der Waals surface area contributed by atoms with E-state index < -0.39 is 30.3 Å². The van der Waals surface area contributed by atoms with Crippen LogP contribution in [0.25, 0.3) is 0 Å². The first-order valence-corrected chi connectivity index (χ1v) is 9.20. The van der Waals surface area contributed by atoms with Crippen LogP contribution in [0, 0.1) is 0 Å². The van der Waals surface area contributed by atoms with Crippen molar-refractivity contribution in [3.63, 3.8) is 0 Å². The van der Waals surface area contributed by atoms with E-state index in [0.29, 0.717) is 0 Å². The van der Waals surface area contributed by atoms with Crippen LogP contribution in [0.1, 0.15) is 12.5 Å². The Hall–Kier alpha value is -2.83. The zero-order valence-electron chi connectivity index (χ0n) is 15.9. The van der Waals surface area contributed by atoms with Gasteiger partial charge in [0.2, 0.25) is 0 Å². The van der Waals surface area contributed by atoms with E-state index in [1.165, 1.54) is 0 Å². The van der Waals surface area contributed by atoms with Gasteiger partial charge in [-0.3, -0.25) is 0 Å². The average molecular weight is 383 g/mol. The highest BCUT2D eigenvalue weighted by atomic mass is 16.6. The molecular weight excluding hydrogens is 358 g/mol. The van der Waals surface area contributed by atoms with Crippen LogP contribution in [0.15, 0.2) is 66.7 Å². The minimum atomic E-state index is -0.935. The summed E-state index contributed by atoms with van der Waals surface area (Å²) in [4.78, 5) is 12.5. The van der Waals surface area contributed by atoms with Crippen LogP contribution < -0.4 is 10.1 Å². The Kier molecular flexibility index (Phi) is 6.68. The molecule has 2 N–H and O–H groups in total. The van der Waals surface area contributed by atoms with Crippen molar-refractivity contribution in [2.45, 2.75) is 37.9 Å². The summed E-state index contributed by atoms with van der Waals surface area (Å²) >= 11 is 0. The van der Waals surface area contributed by atoms with Crippen LogP contribution in [-0.4, -0.2) is 42.5 Å². The lowest BCUT2D eigenvalue weighted by Crippen LogP contribution is -2.44. The molecule has 0 bridgehead atoms. The van der Waals surface area contributed by atoms with Crippen LogP contribution in [-0.2, 0) is 20.9 Å². The maximum Gasteiger partial charge on any atom is 0.338 e. The van der Waals surface area contributed by atoms with Gasteiger partial charge < -0.3 is 24.6 Å². The second kappa shape index (κ2) is 9.39. The summed E-state index contributed by atoms with van der Waals surface area (Å²) < 4.78 is 16.5. The van der Waals surface area contributed by atoms with Crippen LogP contribution in [0.4, 0.5) is 5.69 Å². The normalized spacial score (nSPS) is 22.8. The SMILES string of the molecule is C/C=C\[C@H](O)[C@H]1OC(=O)[C@@H](OCc2ccccc2)[C@H]1Nc1ccc(OC)cc1. The molecule has 0 saturated carbocycles. The fraction of sp³-hybridized carbons (Fsp3) is 0.318. The summed E-state index contributed by atoms with van der Waals surface area (Å²) in [6.45, 7) is 2.07. The third kappa shape index (κ3) is 4.71. The van der Waals surface area contributed by atoms with Crippen molar-refractivity contribution in [3.8, 4) is 5.75 Å². The van der Waals surface area contributed by atoms with E-state index in [1.54, 1.807) is 26.2 Å². The average Bonchev–Trinajstić information content (AvgIpc) is 3.03. The Balaban J connectivity index is 1.79. The largest absolute Gasteiger partial charge is 0.497 e. The number of allylic oxidation sites excluding steroid dienone is 1. The molecule has 0 radical (unpaired) electrons. The number of carbonyl (C=O) groups excluding carboxylic acids is 1. The molecule has 2 aromatic carbocycles. The van der Waals surface area contributed by atoms with Crippen molar-refractivity contribution in [1.82, 2.24) is 0 Å². The van der Waals surface area contributed by atoms with Gasteiger partial charge in [-0.25, -0.2) is 4.79 Å². The number of anilines is 1. The van der Waals surface area contributed by atoms with Gasteiger partial charge in [0, 0.05) is 5.69 Å². The van der Waals surface area contributed by atoms with Gasteiger partial charge in [-0.2, -0.15) is 0 Å². The predicted molar refractivity (Wildman–Crippen MR) is 106 cm³/mol. The topological polar surface area (TPSA) is 77.0 Å². The second-order valence-electron chi connectivity index (χ2n) is 6.53. The highest BCUT2D eigenvalue weighted by Crippen LogP contribution is 2.27.